The normalized spacial score (nSPS) is 15.7. The standard InChI is InChI=1S/C21H19Cl2N3O4S/c22-14-6-7-15(16(23)10-14)19(28)25-21(31)26-9-8-24-20(29)17(26)11-18(27)30-12-13-4-2-1-3-5-13/h1-7,10,17H,8-9,11-12H2,(H,24,29)(H,25,28,31). The lowest BCUT2D eigenvalue weighted by atomic mass is 10.1. The van der Waals surface area contributed by atoms with Crippen molar-refractivity contribution in [1.29, 1.82) is 0 Å². The lowest BCUT2D eigenvalue weighted by Crippen LogP contribution is -2.60. The molecule has 2 amide bonds. The van der Waals surface area contributed by atoms with Gasteiger partial charge in [-0.25, -0.2) is 0 Å². The van der Waals surface area contributed by atoms with Crippen molar-refractivity contribution in [1.82, 2.24) is 15.5 Å². The molecule has 1 fully saturated rings. The van der Waals surface area contributed by atoms with E-state index in [4.69, 9.17) is 40.2 Å². The lowest BCUT2D eigenvalue weighted by molar-refractivity contribution is -0.148. The predicted molar refractivity (Wildman–Crippen MR) is 121 cm³/mol. The molecule has 0 aromatic heterocycles. The fourth-order valence-electron chi connectivity index (χ4n) is 3.03. The molecule has 1 aliphatic rings. The van der Waals surface area contributed by atoms with Crippen molar-refractivity contribution in [3.63, 3.8) is 0 Å². The minimum atomic E-state index is -0.898. The van der Waals surface area contributed by atoms with Crippen LogP contribution >= 0.6 is 35.4 Å². The second-order valence-corrected chi connectivity index (χ2v) is 7.96. The number of halogens is 2. The topological polar surface area (TPSA) is 87.7 Å². The summed E-state index contributed by atoms with van der Waals surface area (Å²) in [6.45, 7) is 0.756. The number of esters is 1. The number of carbonyl (C=O) groups excluding carboxylic acids is 3. The largest absolute Gasteiger partial charge is 0.461 e. The lowest BCUT2D eigenvalue weighted by Gasteiger charge is -2.36. The Balaban J connectivity index is 1.63. The summed E-state index contributed by atoms with van der Waals surface area (Å²) in [5, 5.41) is 5.85. The number of thiocarbonyl (C=S) groups is 1. The molecule has 1 aliphatic heterocycles. The number of ether oxygens (including phenoxy) is 1. The van der Waals surface area contributed by atoms with E-state index in [1.165, 1.54) is 23.1 Å². The maximum atomic E-state index is 12.6. The number of hydrogen-bond donors (Lipinski definition) is 2. The Labute approximate surface area is 194 Å². The van der Waals surface area contributed by atoms with Crippen LogP contribution < -0.4 is 10.6 Å². The highest BCUT2D eigenvalue weighted by molar-refractivity contribution is 7.80. The Bertz CT molecular complexity index is 1000. The zero-order chi connectivity index (χ0) is 22.4. The summed E-state index contributed by atoms with van der Waals surface area (Å²) >= 11 is 17.3. The molecule has 0 spiro atoms. The van der Waals surface area contributed by atoms with Crippen LogP contribution in [0.25, 0.3) is 0 Å². The van der Waals surface area contributed by atoms with Crippen molar-refractivity contribution in [3.8, 4) is 0 Å². The molecule has 31 heavy (non-hydrogen) atoms. The molecular formula is C21H19Cl2N3O4S. The molecule has 10 heteroatoms. The van der Waals surface area contributed by atoms with Gasteiger partial charge in [0.2, 0.25) is 5.91 Å². The number of hydrogen-bond acceptors (Lipinski definition) is 5. The SMILES string of the molecule is O=C(CC1C(=O)NCCN1C(=S)NC(=O)c1ccc(Cl)cc1Cl)OCc1ccccc1. The van der Waals surface area contributed by atoms with Gasteiger partial charge >= 0.3 is 5.97 Å². The summed E-state index contributed by atoms with van der Waals surface area (Å²) < 4.78 is 5.28. The smallest absolute Gasteiger partial charge is 0.308 e. The molecule has 3 rings (SSSR count). The highest BCUT2D eigenvalue weighted by atomic mass is 35.5. The van der Waals surface area contributed by atoms with E-state index >= 15 is 0 Å². The fourth-order valence-corrected chi connectivity index (χ4v) is 3.83. The number of nitrogens with one attached hydrogen (secondary N) is 2. The highest BCUT2D eigenvalue weighted by Crippen LogP contribution is 2.21. The van der Waals surface area contributed by atoms with Crippen molar-refractivity contribution in [2.75, 3.05) is 13.1 Å². The second-order valence-electron chi connectivity index (χ2n) is 6.73. The van der Waals surface area contributed by atoms with E-state index in [-0.39, 0.29) is 34.6 Å². The van der Waals surface area contributed by atoms with Crippen LogP contribution in [0.15, 0.2) is 48.5 Å². The Morgan fingerprint density at radius 1 is 1.19 bits per heavy atom. The maximum Gasteiger partial charge on any atom is 0.308 e. The van der Waals surface area contributed by atoms with Crippen LogP contribution in [0.3, 0.4) is 0 Å². The Morgan fingerprint density at radius 2 is 1.94 bits per heavy atom. The van der Waals surface area contributed by atoms with E-state index in [0.29, 0.717) is 18.1 Å². The summed E-state index contributed by atoms with van der Waals surface area (Å²) in [5.41, 5.74) is 1.03. The molecule has 2 N–H and O–H groups in total. The highest BCUT2D eigenvalue weighted by Gasteiger charge is 2.34. The minimum absolute atomic E-state index is 0.0201. The Kier molecular flexibility index (Phi) is 7.84. The quantitative estimate of drug-likeness (QED) is 0.506. The number of carbonyl (C=O) groups is 3. The first-order valence-electron chi connectivity index (χ1n) is 9.39. The third-order valence-corrected chi connectivity index (χ3v) is 5.47. The summed E-state index contributed by atoms with van der Waals surface area (Å²) in [6.07, 6.45) is -0.212. The van der Waals surface area contributed by atoms with Gasteiger partial charge in [-0.05, 0) is 36.0 Å². The zero-order valence-electron chi connectivity index (χ0n) is 16.3. The third-order valence-electron chi connectivity index (χ3n) is 4.59. The molecule has 162 valence electrons. The zero-order valence-corrected chi connectivity index (χ0v) is 18.6. The number of rotatable bonds is 5. The molecule has 1 saturated heterocycles. The first-order valence-corrected chi connectivity index (χ1v) is 10.6. The van der Waals surface area contributed by atoms with Gasteiger partial charge in [0.25, 0.3) is 5.91 Å². The molecule has 0 aliphatic carbocycles. The maximum absolute atomic E-state index is 12.6. The van der Waals surface area contributed by atoms with Gasteiger partial charge in [-0.1, -0.05) is 53.5 Å². The number of piperazine rings is 1. The van der Waals surface area contributed by atoms with Gasteiger partial charge in [0.1, 0.15) is 12.6 Å². The van der Waals surface area contributed by atoms with Gasteiger partial charge in [0.15, 0.2) is 5.11 Å². The monoisotopic (exact) mass is 479 g/mol. The Hall–Kier alpha value is -2.68. The van der Waals surface area contributed by atoms with E-state index in [2.05, 4.69) is 10.6 Å². The van der Waals surface area contributed by atoms with Gasteiger partial charge in [-0.3, -0.25) is 19.7 Å². The predicted octanol–water partition coefficient (Wildman–Crippen LogP) is 2.94. The average Bonchev–Trinajstić information content (AvgIpc) is 2.74. The van der Waals surface area contributed by atoms with Crippen LogP contribution in [0, 0.1) is 0 Å². The van der Waals surface area contributed by atoms with E-state index in [9.17, 15) is 14.4 Å². The number of benzene rings is 2. The number of nitrogens with zero attached hydrogens (tertiary/aromatic N) is 1. The first kappa shape index (κ1) is 23.0. The minimum Gasteiger partial charge on any atom is -0.461 e. The molecule has 0 saturated carbocycles. The average molecular weight is 480 g/mol. The van der Waals surface area contributed by atoms with Crippen LogP contribution in [-0.4, -0.2) is 46.9 Å². The summed E-state index contributed by atoms with van der Waals surface area (Å²) in [4.78, 5) is 38.8. The van der Waals surface area contributed by atoms with Crippen LogP contribution in [-0.2, 0) is 20.9 Å². The van der Waals surface area contributed by atoms with Crippen molar-refractivity contribution in [2.24, 2.45) is 0 Å². The van der Waals surface area contributed by atoms with E-state index in [1.54, 1.807) is 0 Å². The summed E-state index contributed by atoms with van der Waals surface area (Å²) in [5.74, 6) is -1.46. The van der Waals surface area contributed by atoms with Gasteiger partial charge in [0.05, 0.1) is 17.0 Å². The second kappa shape index (κ2) is 10.6. The third kappa shape index (κ3) is 6.16. The van der Waals surface area contributed by atoms with Crippen LogP contribution in [0.1, 0.15) is 22.3 Å². The molecule has 1 heterocycles. The van der Waals surface area contributed by atoms with Crippen molar-refractivity contribution in [3.05, 3.63) is 69.7 Å². The van der Waals surface area contributed by atoms with Gasteiger partial charge in [-0.2, -0.15) is 0 Å². The van der Waals surface area contributed by atoms with Gasteiger partial charge in [-0.15, -0.1) is 0 Å². The van der Waals surface area contributed by atoms with Gasteiger partial charge in [0, 0.05) is 18.1 Å². The van der Waals surface area contributed by atoms with Crippen LogP contribution in [0.5, 0.6) is 0 Å². The van der Waals surface area contributed by atoms with Crippen molar-refractivity contribution >= 4 is 58.3 Å². The van der Waals surface area contributed by atoms with Crippen molar-refractivity contribution < 1.29 is 19.1 Å². The Morgan fingerprint density at radius 3 is 2.65 bits per heavy atom. The molecule has 0 radical (unpaired) electrons. The number of amides is 2. The molecule has 0 bridgehead atoms. The molecule has 1 unspecified atom stereocenters. The van der Waals surface area contributed by atoms with Crippen LogP contribution in [0.4, 0.5) is 0 Å². The van der Waals surface area contributed by atoms with Crippen LogP contribution in [0.2, 0.25) is 10.0 Å². The van der Waals surface area contributed by atoms with E-state index in [0.717, 1.165) is 5.56 Å². The fraction of sp³-hybridized carbons (Fsp3) is 0.238. The molecular weight excluding hydrogens is 461 g/mol. The summed E-state index contributed by atoms with van der Waals surface area (Å²) in [7, 11) is 0. The molecule has 1 atom stereocenters. The van der Waals surface area contributed by atoms with Crippen molar-refractivity contribution in [2.45, 2.75) is 19.1 Å². The summed E-state index contributed by atoms with van der Waals surface area (Å²) in [6, 6.07) is 12.8. The van der Waals surface area contributed by atoms with E-state index in [1.807, 2.05) is 30.3 Å². The van der Waals surface area contributed by atoms with Gasteiger partial charge < -0.3 is 15.0 Å². The molecule has 7 nitrogen and oxygen atoms in total. The van der Waals surface area contributed by atoms with E-state index < -0.39 is 17.9 Å². The molecule has 2 aromatic rings. The first-order chi connectivity index (χ1) is 14.8. The molecule has 2 aromatic carbocycles.